The molecule has 0 spiro atoms. The van der Waals surface area contributed by atoms with Crippen molar-refractivity contribution in [2.45, 2.75) is 40.3 Å². The molecule has 0 fully saturated rings. The van der Waals surface area contributed by atoms with Gasteiger partial charge in [-0.05, 0) is 120 Å². The van der Waals surface area contributed by atoms with Gasteiger partial charge in [0.1, 0.15) is 46.6 Å². The molecule has 16 heteroatoms. The van der Waals surface area contributed by atoms with E-state index in [-0.39, 0.29) is 18.8 Å². The van der Waals surface area contributed by atoms with Crippen LogP contribution < -0.4 is 29.6 Å². The molecule has 2 heterocycles. The number of imidazole rings is 1. The maximum atomic E-state index is 12.3. The van der Waals surface area contributed by atoms with Gasteiger partial charge in [0.25, 0.3) is 5.72 Å². The molecule has 0 radical (unpaired) electrons. The number of hydrogen-bond donors (Lipinski definition) is 2. The number of aromatic nitrogens is 2. The van der Waals surface area contributed by atoms with Gasteiger partial charge in [-0.15, -0.1) is 0 Å². The number of methoxy groups -OCH3 is 4. The van der Waals surface area contributed by atoms with Crippen molar-refractivity contribution >= 4 is 35.0 Å². The summed E-state index contributed by atoms with van der Waals surface area (Å²) in [4.78, 5) is 39.5. The number of aliphatic hydroxyl groups is 1. The Bertz CT molecular complexity index is 3410. The molecule has 9 rings (SSSR count). The van der Waals surface area contributed by atoms with E-state index in [4.69, 9.17) is 39.4 Å². The summed E-state index contributed by atoms with van der Waals surface area (Å²) in [6.07, 6.45) is 1.70. The van der Waals surface area contributed by atoms with E-state index in [1.807, 2.05) is 183 Å². The summed E-state index contributed by atoms with van der Waals surface area (Å²) >= 11 is 0. The second kappa shape index (κ2) is 28.4. The molecule has 3 N–H and O–H groups in total. The van der Waals surface area contributed by atoms with Crippen LogP contribution in [0.1, 0.15) is 57.7 Å². The molecule has 0 aliphatic carbocycles. The normalized spacial score (nSPS) is 13.3. The zero-order valence-corrected chi connectivity index (χ0v) is 45.8. The molecule has 0 saturated heterocycles. The van der Waals surface area contributed by atoms with Gasteiger partial charge in [0.15, 0.2) is 5.69 Å². The molecule has 1 aromatic heterocycles. The molecule has 1 unspecified atom stereocenters. The van der Waals surface area contributed by atoms with Crippen LogP contribution >= 0.6 is 0 Å². The lowest BCUT2D eigenvalue weighted by atomic mass is 10.1. The number of nitrogens with two attached hydrogens (primary N) is 1. The highest BCUT2D eigenvalue weighted by Crippen LogP contribution is 2.34. The summed E-state index contributed by atoms with van der Waals surface area (Å²) in [5, 5.41) is 19.3. The standard InChI is InChI=1S/C20H22N2O4.C20H20N2O3.C15H16N2O.C8H7NO/c1-4-26-19(23)20(24)13-22(15-11-9-14(2)10-12-15)18(21-20)16-7-5-6-8-17(16)25-3;1-4-25-20(23)17-13-22(15-11-9-14(2)10-12-15)19(21-17)16-7-5-6-8-18(16)24-3;1-11-7-9-12(10-8-11)17-15(16)13-5-3-4-6-14(13)18-2;1-10-8-5-3-2-4-7(8)6-9/h5-12,24H,4,13H2,1-3H3;5-13H,4H2,1-3H3;3-10H,1-2H3,(H2,16,17);2-5H,1H3. The number of aliphatic imine (C=N–C) groups is 2. The van der Waals surface area contributed by atoms with Gasteiger partial charge in [0.2, 0.25) is 0 Å². The summed E-state index contributed by atoms with van der Waals surface area (Å²) in [6, 6.07) is 55.4. The smallest absolute Gasteiger partial charge is 0.363 e. The fourth-order valence-corrected chi connectivity index (χ4v) is 7.91. The van der Waals surface area contributed by atoms with Crippen molar-refractivity contribution in [3.05, 3.63) is 215 Å². The fraction of sp³-hybridized carbons (Fsp3) is 0.206. The molecule has 79 heavy (non-hydrogen) atoms. The summed E-state index contributed by atoms with van der Waals surface area (Å²) in [6.45, 7) is 9.99. The van der Waals surface area contributed by atoms with E-state index in [0.29, 0.717) is 52.5 Å². The minimum atomic E-state index is -1.96. The first-order chi connectivity index (χ1) is 38.2. The SMILES string of the molecule is CCOC(=O)C1(O)CN(c2ccc(C)cc2)C(c2ccccc2OC)=N1.CCOC(=O)c1cn(-c2ccc(C)cc2)c(-c2ccccc2OC)n1.COc1ccccc1C#N.COc1ccccc1C(N)=Nc1ccc(C)cc1. The first-order valence-electron chi connectivity index (χ1n) is 25.2. The number of β-amino-alcohol motifs (C(OH)–C–C–N with tert-alkyl or cyclic N) is 1. The minimum Gasteiger partial charge on any atom is -0.496 e. The number of amidine groups is 2. The summed E-state index contributed by atoms with van der Waals surface area (Å²) in [5.74, 6) is 3.00. The number of esters is 2. The van der Waals surface area contributed by atoms with Crippen LogP contribution in [-0.4, -0.2) is 92.2 Å². The molecule has 0 saturated carbocycles. The summed E-state index contributed by atoms with van der Waals surface area (Å²) in [7, 11) is 6.36. The highest BCUT2D eigenvalue weighted by molar-refractivity contribution is 6.14. The number of rotatable bonds is 14. The highest BCUT2D eigenvalue weighted by atomic mass is 16.6. The van der Waals surface area contributed by atoms with Crippen molar-refractivity contribution in [3.8, 4) is 46.1 Å². The summed E-state index contributed by atoms with van der Waals surface area (Å²) < 4.78 is 33.1. The molecule has 1 aliphatic rings. The van der Waals surface area contributed by atoms with Crippen LogP contribution in [-0.2, 0) is 14.3 Å². The predicted octanol–water partition coefficient (Wildman–Crippen LogP) is 11.2. The van der Waals surface area contributed by atoms with Gasteiger partial charge < -0.3 is 44.2 Å². The lowest BCUT2D eigenvalue weighted by Gasteiger charge is -2.23. The van der Waals surface area contributed by atoms with Gasteiger partial charge in [0.05, 0.1) is 76.1 Å². The lowest BCUT2D eigenvalue weighted by molar-refractivity contribution is -0.162. The van der Waals surface area contributed by atoms with Crippen molar-refractivity contribution < 1.29 is 43.1 Å². The monoisotopic (exact) mass is 1060 g/mol. The van der Waals surface area contributed by atoms with Crippen LogP contribution in [0.2, 0.25) is 0 Å². The molecule has 7 aromatic carbocycles. The van der Waals surface area contributed by atoms with Crippen LogP contribution in [0, 0.1) is 32.1 Å². The number of aryl methyl sites for hydroxylation is 3. The molecular formula is C63H65N7O9. The van der Waals surface area contributed by atoms with Gasteiger partial charge in [-0.1, -0.05) is 102 Å². The number of benzene rings is 7. The third-order valence-electron chi connectivity index (χ3n) is 12.0. The first kappa shape index (κ1) is 58.5. The van der Waals surface area contributed by atoms with Gasteiger partial charge in [-0.3, -0.25) is 4.57 Å². The average molecular weight is 1060 g/mol. The van der Waals surface area contributed by atoms with E-state index >= 15 is 0 Å². The van der Waals surface area contributed by atoms with Crippen LogP contribution in [0.15, 0.2) is 186 Å². The van der Waals surface area contributed by atoms with Crippen LogP contribution in [0.5, 0.6) is 23.0 Å². The molecule has 1 atom stereocenters. The quantitative estimate of drug-likeness (QED) is 0.0591. The average Bonchev–Trinajstić information content (AvgIpc) is 4.32. The van der Waals surface area contributed by atoms with E-state index in [9.17, 15) is 14.7 Å². The Morgan fingerprint density at radius 1 is 0.633 bits per heavy atom. The topological polar surface area (TPSA) is 205 Å². The van der Waals surface area contributed by atoms with Crippen LogP contribution in [0.4, 0.5) is 11.4 Å². The Morgan fingerprint density at radius 3 is 1.66 bits per heavy atom. The number of ether oxygens (including phenoxy) is 6. The Hall–Kier alpha value is -9.72. The van der Waals surface area contributed by atoms with Crippen LogP contribution in [0.25, 0.3) is 17.1 Å². The molecule has 8 aromatic rings. The number of hydrogen-bond acceptors (Lipinski definition) is 14. The van der Waals surface area contributed by atoms with Crippen molar-refractivity contribution in [2.75, 3.05) is 53.1 Å². The second-order valence-electron chi connectivity index (χ2n) is 17.5. The molecule has 0 bridgehead atoms. The third-order valence-corrected chi connectivity index (χ3v) is 12.0. The number of carbonyl (C=O) groups excluding carboxylic acids is 2. The first-order valence-corrected chi connectivity index (χ1v) is 25.2. The molecule has 406 valence electrons. The number of carbonyl (C=O) groups is 2. The molecule has 1 aliphatic heterocycles. The Morgan fingerprint density at radius 2 is 1.11 bits per heavy atom. The fourth-order valence-electron chi connectivity index (χ4n) is 7.91. The van der Waals surface area contributed by atoms with Crippen molar-refractivity contribution in [3.63, 3.8) is 0 Å². The minimum absolute atomic E-state index is 0.0255. The maximum absolute atomic E-state index is 12.3. The number of para-hydroxylation sites is 4. The van der Waals surface area contributed by atoms with E-state index < -0.39 is 17.7 Å². The Balaban J connectivity index is 0.000000178. The molecular weight excluding hydrogens is 999 g/mol. The summed E-state index contributed by atoms with van der Waals surface area (Å²) in [5.41, 5.74) is 13.2. The van der Waals surface area contributed by atoms with Gasteiger partial charge >= 0.3 is 11.9 Å². The lowest BCUT2D eigenvalue weighted by Crippen LogP contribution is -2.43. The zero-order chi connectivity index (χ0) is 56.9. The van der Waals surface area contributed by atoms with Crippen molar-refractivity contribution in [1.29, 1.82) is 5.26 Å². The highest BCUT2D eigenvalue weighted by Gasteiger charge is 2.47. The van der Waals surface area contributed by atoms with Gasteiger partial charge in [0, 0.05) is 17.6 Å². The number of nitriles is 1. The Kier molecular flexibility index (Phi) is 21.1. The van der Waals surface area contributed by atoms with Gasteiger partial charge in [-0.25, -0.2) is 24.6 Å². The van der Waals surface area contributed by atoms with E-state index in [0.717, 1.165) is 45.1 Å². The number of anilines is 1. The van der Waals surface area contributed by atoms with Crippen LogP contribution in [0.3, 0.4) is 0 Å². The molecule has 16 nitrogen and oxygen atoms in total. The zero-order valence-electron chi connectivity index (χ0n) is 45.8. The van der Waals surface area contributed by atoms with Crippen molar-refractivity contribution in [1.82, 2.24) is 9.55 Å². The van der Waals surface area contributed by atoms with E-state index in [1.165, 1.54) is 5.56 Å². The largest absolute Gasteiger partial charge is 0.496 e. The maximum Gasteiger partial charge on any atom is 0.363 e. The third kappa shape index (κ3) is 15.2. The number of nitrogens with zero attached hydrogens (tertiary/aromatic N) is 6. The second-order valence-corrected chi connectivity index (χ2v) is 17.5. The van der Waals surface area contributed by atoms with E-state index in [2.05, 4.69) is 15.0 Å². The van der Waals surface area contributed by atoms with Gasteiger partial charge in [-0.2, -0.15) is 5.26 Å². The Labute approximate surface area is 461 Å². The predicted molar refractivity (Wildman–Crippen MR) is 308 cm³/mol. The van der Waals surface area contributed by atoms with Crippen molar-refractivity contribution in [2.24, 2.45) is 15.7 Å². The van der Waals surface area contributed by atoms with E-state index in [1.54, 1.807) is 71.6 Å². The molecule has 0 amide bonds.